The van der Waals surface area contributed by atoms with E-state index in [1.54, 1.807) is 20.8 Å². The van der Waals surface area contributed by atoms with Crippen molar-refractivity contribution >= 4 is 86.6 Å². The zero-order valence-corrected chi connectivity index (χ0v) is 83.2. The number of methoxy groups -OCH3 is 3. The smallest absolute Gasteiger partial charge is 0.387 e. The van der Waals surface area contributed by atoms with Gasteiger partial charge in [-0.3, -0.25) is 28.8 Å². The number of ether oxygens (including phenoxy) is 12. The summed E-state index contributed by atoms with van der Waals surface area (Å²) in [4.78, 5) is 150. The van der Waals surface area contributed by atoms with Gasteiger partial charge in [0.2, 0.25) is 35.4 Å². The Morgan fingerprint density at radius 2 is 0.993 bits per heavy atom. The third-order valence-corrected chi connectivity index (χ3v) is 30.2. The lowest BCUT2D eigenvalue weighted by atomic mass is 9.77. The highest BCUT2D eigenvalue weighted by atomic mass is 19.3. The van der Waals surface area contributed by atoms with Crippen LogP contribution < -0.4 is 28.4 Å². The van der Waals surface area contributed by atoms with E-state index in [9.17, 15) is 69.5 Å². The molecule has 11 aliphatic rings. The van der Waals surface area contributed by atoms with Crippen molar-refractivity contribution in [3.63, 3.8) is 0 Å². The summed E-state index contributed by atoms with van der Waals surface area (Å²) < 4.78 is 236. The number of esters is 6. The molecule has 3 aromatic heterocycles. The molecule has 3 amide bonds. The van der Waals surface area contributed by atoms with E-state index in [-0.39, 0.29) is 151 Å². The summed E-state index contributed by atoms with van der Waals surface area (Å²) in [7, 11) is 3.50. The molecule has 6 aliphatic carbocycles. The lowest BCUT2D eigenvalue weighted by Crippen LogP contribution is -2.48. The number of aromatic nitrogens is 6. The second-order valence-corrected chi connectivity index (χ2v) is 43.1. The van der Waals surface area contributed by atoms with Crippen molar-refractivity contribution in [3.8, 4) is 34.9 Å². The molecule has 794 valence electrons. The van der Waals surface area contributed by atoms with Crippen LogP contribution in [0.15, 0.2) is 92.1 Å². The summed E-state index contributed by atoms with van der Waals surface area (Å²) in [6.45, 7) is 13.3. The Balaban J connectivity index is 0.000000164. The van der Waals surface area contributed by atoms with Gasteiger partial charge >= 0.3 is 67.5 Å². The maximum atomic E-state index is 16.0. The van der Waals surface area contributed by atoms with Crippen molar-refractivity contribution in [2.24, 2.45) is 87.3 Å². The van der Waals surface area contributed by atoms with Gasteiger partial charge in [-0.15, -0.1) is 6.58 Å². The van der Waals surface area contributed by atoms with Crippen LogP contribution in [-0.4, -0.2) is 214 Å². The van der Waals surface area contributed by atoms with Crippen LogP contribution in [0.5, 0.6) is 34.9 Å². The minimum absolute atomic E-state index is 0.00625. The van der Waals surface area contributed by atoms with Crippen LogP contribution in [0.3, 0.4) is 0 Å². The van der Waals surface area contributed by atoms with Gasteiger partial charge in [-0.25, -0.2) is 44.3 Å². The zero-order valence-electron chi connectivity index (χ0n) is 83.2. The van der Waals surface area contributed by atoms with Crippen LogP contribution in [-0.2, 0) is 89.3 Å². The molecule has 0 N–H and O–H groups in total. The van der Waals surface area contributed by atoms with Crippen LogP contribution in [0.2, 0.25) is 0 Å². The van der Waals surface area contributed by atoms with Gasteiger partial charge < -0.3 is 71.5 Å². The highest BCUT2D eigenvalue weighted by Gasteiger charge is 2.60. The average Bonchev–Trinajstić information content (AvgIpc) is 1.62. The number of fused-ring (bicyclic) bond motifs is 16. The van der Waals surface area contributed by atoms with Crippen molar-refractivity contribution in [2.45, 2.75) is 283 Å². The second kappa shape index (κ2) is 43.5. The molecule has 0 spiro atoms. The maximum Gasteiger partial charge on any atom is 0.387 e. The van der Waals surface area contributed by atoms with Crippen molar-refractivity contribution in [2.75, 3.05) is 41.0 Å². The van der Waals surface area contributed by atoms with Crippen LogP contribution in [0.4, 0.5) is 52.7 Å². The number of nitrogens with zero attached hydrogens (tertiary/aromatic N) is 9. The van der Waals surface area contributed by atoms with Gasteiger partial charge in [0.1, 0.15) is 72.0 Å². The summed E-state index contributed by atoms with van der Waals surface area (Å²) in [5, 5.41) is 0. The van der Waals surface area contributed by atoms with Gasteiger partial charge in [0, 0.05) is 43.9 Å². The van der Waals surface area contributed by atoms with Crippen molar-refractivity contribution < 1.29 is 153 Å². The minimum atomic E-state index is -3.72. The number of carbonyl (C=O) groups is 9. The number of hydrogen-bond donors (Lipinski definition) is 0. The Morgan fingerprint density at radius 1 is 0.527 bits per heavy atom. The largest absolute Gasteiger partial charge is 0.471 e. The molecule has 9 fully saturated rings. The van der Waals surface area contributed by atoms with Gasteiger partial charge in [-0.1, -0.05) is 87.5 Å². The fourth-order valence-corrected chi connectivity index (χ4v) is 22.4. The fourth-order valence-electron chi connectivity index (χ4n) is 22.4. The van der Waals surface area contributed by atoms with Gasteiger partial charge in [-0.2, -0.15) is 52.7 Å². The number of allylic oxidation sites excluding steroid dienone is 4. The van der Waals surface area contributed by atoms with E-state index in [0.29, 0.717) is 73.7 Å². The average molecular weight is 2060 g/mol. The third-order valence-electron chi connectivity index (χ3n) is 30.2. The number of likely N-dealkylation sites (tertiary alicyclic amines) is 1. The molecule has 5 aliphatic heterocycles. The Kier molecular flexibility index (Phi) is 32.3. The van der Waals surface area contributed by atoms with E-state index >= 15 is 26.3 Å². The summed E-state index contributed by atoms with van der Waals surface area (Å²) in [5.74, 6) is -18.3. The van der Waals surface area contributed by atoms with Crippen molar-refractivity contribution in [1.82, 2.24) is 44.6 Å². The van der Waals surface area contributed by atoms with E-state index in [1.807, 2.05) is 47.6 Å². The first-order valence-electron chi connectivity index (χ1n) is 49.4. The number of benzene rings is 3. The van der Waals surface area contributed by atoms with Crippen LogP contribution in [0.1, 0.15) is 208 Å². The topological polar surface area (TPSA) is 351 Å². The number of halogens is 12. The van der Waals surface area contributed by atoms with Gasteiger partial charge in [0.05, 0.1) is 111 Å². The highest BCUT2D eigenvalue weighted by molar-refractivity contribution is 5.92. The molecule has 17 rings (SSSR count). The van der Waals surface area contributed by atoms with Crippen LogP contribution in [0.25, 0.3) is 33.1 Å². The highest BCUT2D eigenvalue weighted by Crippen LogP contribution is 2.61. The summed E-state index contributed by atoms with van der Waals surface area (Å²) >= 11 is 0. The lowest BCUT2D eigenvalue weighted by Gasteiger charge is -2.34. The first kappa shape index (κ1) is 108. The number of hydrogen-bond acceptors (Lipinski definition) is 27. The van der Waals surface area contributed by atoms with Crippen molar-refractivity contribution in [1.29, 1.82) is 0 Å². The molecular weight excluding hydrogens is 1940 g/mol. The molecule has 3 aromatic carbocycles. The molecule has 146 heavy (non-hydrogen) atoms. The molecule has 21 atom stereocenters. The van der Waals surface area contributed by atoms with E-state index in [1.165, 1.54) is 65.3 Å². The molecule has 4 bridgehead atoms. The first-order valence-corrected chi connectivity index (χ1v) is 49.4. The quantitative estimate of drug-likeness (QED) is 0.0296. The SMILES string of the molecule is C=CCC[C@@H]1[C@H]2C[C@H]2C[C@H]1OC(=O)C[C@H](C(=O)N1C[C@H](Oc2nc3cc(OC(F)F)ccc3nc2C(F)(F)C=C)C[C@H]1C(=O)OC)C(C)(C)C.COC(=O)[C@@H]1C[C@@H]2CN1C(=O)[C@H](C(C)(C)C)CC(=O)O[C@@H]1C[C@@H]3C[C@@H]3[C@H]1CC/C=C/C(F)(F)c1nc3ccc(OC(F)F)cc3nc1O2.COC(=O)[C@@H]1C[C@@H]2CN1C(=O)[C@H](C(C)(C)C)CC(=O)O[C@@H]1C[C@@H]3C[C@@H]3[C@H]1CCCCC(F)(F)c1nc3ccc(OC(F)F)cc3nc1O2. The maximum absolute atomic E-state index is 16.0. The molecule has 0 unspecified atom stereocenters. The van der Waals surface area contributed by atoms with Crippen molar-refractivity contribution in [3.05, 3.63) is 109 Å². The Bertz CT molecular complexity index is 5920. The normalized spacial score (nSPS) is 29.0. The third kappa shape index (κ3) is 24.9. The Hall–Kier alpha value is -11.9. The molecule has 0 radical (unpaired) electrons. The molecule has 6 saturated carbocycles. The summed E-state index contributed by atoms with van der Waals surface area (Å²) in [5.41, 5.74) is -4.74. The first-order chi connectivity index (χ1) is 68.8. The molecule has 30 nitrogen and oxygen atoms in total. The molecular formula is C104H123F12N9O21. The van der Waals surface area contributed by atoms with E-state index in [0.717, 1.165) is 82.4 Å². The Morgan fingerprint density at radius 3 is 1.47 bits per heavy atom. The van der Waals surface area contributed by atoms with Gasteiger partial charge in [-0.05, 0) is 195 Å². The van der Waals surface area contributed by atoms with E-state index in [4.69, 9.17) is 42.6 Å². The number of carbonyl (C=O) groups excluding carboxylic acids is 9. The number of rotatable bonds is 20. The monoisotopic (exact) mass is 2060 g/mol. The standard InChI is InChI=1S/C36H43F4N3O7.C34H41F4N3O7.C34H39F4N3O7/c1-7-9-10-22-23-13-19(23)14-28(22)50-29(44)17-24(35(3,4)5)32(45)43-18-21(16-27(43)33(46)47-6)48-31-30(36(39,40)8-2)41-25-12-11-20(49-34(37)38)15-26(25)42-31;2*1-33(2,3)22-15-27(42)48-26-12-17-11-21(17)20(26)7-5-6-10-34(37,38)28-29(40-24-13-18(47-32(35)36)8-9-23(24)39-28)46-19-14-25(31(44)45-4)41(16-19)30(22)43/h7-8,11-12,15,19,21-24,27-28,34H,1-2,9-10,13-14,16-18H2,3-6H3;8-9,13,17,19-22,25-26,32H,5-7,10-12,14-16H2,1-4H3;6,8-10,13,17,19-22,25-26,32H,5,7,11-12,14-16H2,1-4H3/b;;10-6+/t19-,21+,22+,23-,24+,27-,28+;2*17-,19+,20+,21-,22+,25-,26+/m000/s1. The van der Waals surface area contributed by atoms with Crippen LogP contribution in [0, 0.1) is 87.3 Å². The number of amides is 3. The molecule has 3 saturated heterocycles. The second-order valence-electron chi connectivity index (χ2n) is 43.1. The summed E-state index contributed by atoms with van der Waals surface area (Å²) in [6.07, 6.45) is 7.95. The molecule has 42 heteroatoms. The van der Waals surface area contributed by atoms with E-state index < -0.39 is 203 Å². The molecule has 6 aromatic rings. The van der Waals surface area contributed by atoms with Crippen LogP contribution >= 0.6 is 0 Å². The minimum Gasteiger partial charge on any atom is -0.471 e. The predicted octanol–water partition coefficient (Wildman–Crippen LogP) is 18.5. The zero-order chi connectivity index (χ0) is 106. The van der Waals surface area contributed by atoms with E-state index in [2.05, 4.69) is 57.3 Å². The Labute approximate surface area is 835 Å². The predicted molar refractivity (Wildman–Crippen MR) is 498 cm³/mol. The fraction of sp³-hybridized carbons (Fsp3) is 0.625. The van der Waals surface area contributed by atoms with Gasteiger partial charge in [0.15, 0.2) is 17.1 Å². The van der Waals surface area contributed by atoms with Gasteiger partial charge in [0.25, 0.3) is 5.92 Å². The number of alkyl halides is 12. The summed E-state index contributed by atoms with van der Waals surface area (Å²) in [6, 6.07) is 7.19. The lowest BCUT2D eigenvalue weighted by molar-refractivity contribution is -0.160. The molecule has 8 heterocycles.